The highest BCUT2D eigenvalue weighted by Gasteiger charge is 2.32. The Kier molecular flexibility index (Phi) is 6.06. The molecule has 0 bridgehead atoms. The first-order valence-corrected chi connectivity index (χ1v) is 12.6. The number of hydrogen-bond acceptors (Lipinski definition) is 6. The number of nitrogens with two attached hydrogens (primary N) is 1. The molecule has 6 nitrogen and oxygen atoms in total. The maximum atomic E-state index is 13.4. The minimum absolute atomic E-state index is 0.107. The van der Waals surface area contributed by atoms with Gasteiger partial charge >= 0.3 is 5.97 Å². The summed E-state index contributed by atoms with van der Waals surface area (Å²) in [7, 11) is 0. The second-order valence-electron chi connectivity index (χ2n) is 8.98. The number of carbonyl (C=O) groups is 2. The zero-order chi connectivity index (χ0) is 22.9. The van der Waals surface area contributed by atoms with Crippen molar-refractivity contribution in [3.8, 4) is 0 Å². The molecule has 2 N–H and O–H groups in total. The molecule has 1 aromatic carbocycles. The molecule has 2 aliphatic rings. The van der Waals surface area contributed by atoms with Gasteiger partial charge in [0, 0.05) is 24.2 Å². The quantitative estimate of drug-likeness (QED) is 0.573. The number of likely N-dealkylation sites (tertiary alicyclic amines) is 1. The van der Waals surface area contributed by atoms with Gasteiger partial charge in [0.25, 0.3) is 5.91 Å². The average molecular weight is 464 g/mol. The first-order valence-electron chi connectivity index (χ1n) is 11.8. The van der Waals surface area contributed by atoms with Gasteiger partial charge in [0.05, 0.1) is 18.2 Å². The number of anilines is 1. The number of nitrogen functional groups attached to an aromatic ring is 1. The molecule has 2 aromatic heterocycles. The Bertz CT molecular complexity index is 1190. The highest BCUT2D eigenvalue weighted by Crippen LogP contribution is 2.39. The summed E-state index contributed by atoms with van der Waals surface area (Å²) in [5, 5.41) is 0.870. The van der Waals surface area contributed by atoms with Gasteiger partial charge in [0.1, 0.15) is 9.71 Å². The summed E-state index contributed by atoms with van der Waals surface area (Å²) in [4.78, 5) is 33.6. The van der Waals surface area contributed by atoms with Gasteiger partial charge in [0.2, 0.25) is 0 Å². The van der Waals surface area contributed by atoms with Gasteiger partial charge in [-0.25, -0.2) is 4.98 Å². The smallest absolute Gasteiger partial charge is 0.310 e. The van der Waals surface area contributed by atoms with Gasteiger partial charge in [0.15, 0.2) is 0 Å². The van der Waals surface area contributed by atoms with Crippen molar-refractivity contribution in [1.29, 1.82) is 0 Å². The minimum atomic E-state index is -0.265. The predicted molar refractivity (Wildman–Crippen MR) is 131 cm³/mol. The van der Waals surface area contributed by atoms with Crippen LogP contribution in [0, 0.1) is 5.92 Å². The summed E-state index contributed by atoms with van der Waals surface area (Å²) in [5.41, 5.74) is 10.7. The number of piperidine rings is 1. The molecule has 1 fully saturated rings. The summed E-state index contributed by atoms with van der Waals surface area (Å²) < 4.78 is 5.18. The molecule has 0 spiro atoms. The van der Waals surface area contributed by atoms with Gasteiger partial charge in [-0.05, 0) is 62.1 Å². The summed E-state index contributed by atoms with van der Waals surface area (Å²) in [5.74, 6) is -0.114. The number of thiophene rings is 1. The Morgan fingerprint density at radius 2 is 2.06 bits per heavy atom. The molecule has 1 aliphatic carbocycles. The van der Waals surface area contributed by atoms with Gasteiger partial charge < -0.3 is 15.4 Å². The number of ether oxygens (including phenoxy) is 1. The van der Waals surface area contributed by atoms with E-state index in [2.05, 4.69) is 30.3 Å². The van der Waals surface area contributed by atoms with Crippen molar-refractivity contribution in [2.24, 2.45) is 5.92 Å². The number of amides is 1. The lowest BCUT2D eigenvalue weighted by Gasteiger charge is -2.31. The number of nitrogens with zero attached hydrogens (tertiary/aromatic N) is 2. The Balaban J connectivity index is 1.40. The number of fused-ring (bicyclic) bond motifs is 2. The van der Waals surface area contributed by atoms with E-state index < -0.39 is 0 Å². The van der Waals surface area contributed by atoms with E-state index in [1.54, 1.807) is 11.8 Å². The topological polar surface area (TPSA) is 85.5 Å². The molecule has 2 unspecified atom stereocenters. The van der Waals surface area contributed by atoms with Crippen LogP contribution < -0.4 is 5.73 Å². The molecule has 1 amide bonds. The number of esters is 1. The van der Waals surface area contributed by atoms with Gasteiger partial charge in [-0.15, -0.1) is 11.3 Å². The highest BCUT2D eigenvalue weighted by atomic mass is 32.1. The molecular weight excluding hydrogens is 434 g/mol. The van der Waals surface area contributed by atoms with Crippen LogP contribution in [0.2, 0.25) is 0 Å². The van der Waals surface area contributed by atoms with E-state index in [1.165, 1.54) is 22.5 Å². The average Bonchev–Trinajstić information content (AvgIpc) is 3.17. The van der Waals surface area contributed by atoms with E-state index in [9.17, 15) is 9.59 Å². The molecule has 1 aliphatic heterocycles. The summed E-state index contributed by atoms with van der Waals surface area (Å²) >= 11 is 1.37. The van der Waals surface area contributed by atoms with Gasteiger partial charge in [-0.2, -0.15) is 0 Å². The monoisotopic (exact) mass is 463 g/mol. The van der Waals surface area contributed by atoms with Crippen LogP contribution >= 0.6 is 11.3 Å². The van der Waals surface area contributed by atoms with Crippen molar-refractivity contribution in [3.63, 3.8) is 0 Å². The third kappa shape index (κ3) is 4.22. The minimum Gasteiger partial charge on any atom is -0.466 e. The first-order chi connectivity index (χ1) is 16.0. The maximum absolute atomic E-state index is 13.4. The van der Waals surface area contributed by atoms with Crippen LogP contribution in [-0.4, -0.2) is 41.5 Å². The summed E-state index contributed by atoms with van der Waals surface area (Å²) in [6.45, 7) is 3.17. The van der Waals surface area contributed by atoms with E-state index in [0.717, 1.165) is 48.0 Å². The number of rotatable bonds is 4. The van der Waals surface area contributed by atoms with Crippen LogP contribution in [0.3, 0.4) is 0 Å². The van der Waals surface area contributed by atoms with Crippen molar-refractivity contribution >= 4 is 39.1 Å². The maximum Gasteiger partial charge on any atom is 0.310 e. The molecule has 0 radical (unpaired) electrons. The molecule has 1 saturated heterocycles. The summed E-state index contributed by atoms with van der Waals surface area (Å²) in [6, 6.07) is 12.8. The van der Waals surface area contributed by atoms with Crippen LogP contribution in [0.1, 0.15) is 58.6 Å². The molecule has 0 saturated carbocycles. The van der Waals surface area contributed by atoms with E-state index >= 15 is 0 Å². The fourth-order valence-electron chi connectivity index (χ4n) is 5.12. The van der Waals surface area contributed by atoms with Crippen molar-refractivity contribution in [3.05, 3.63) is 58.1 Å². The van der Waals surface area contributed by atoms with Gasteiger partial charge in [-0.1, -0.05) is 30.3 Å². The normalized spacial score (nSPS) is 20.5. The SMILES string of the molecule is CCOC(=O)C1CCCN(C(=O)c2sc3nc4c(cc3c2N)CC(c2ccccc2)CC4)C1. The lowest BCUT2D eigenvalue weighted by molar-refractivity contribution is -0.149. The lowest BCUT2D eigenvalue weighted by Crippen LogP contribution is -2.42. The van der Waals surface area contributed by atoms with E-state index in [0.29, 0.717) is 36.2 Å². The van der Waals surface area contributed by atoms with Gasteiger partial charge in [-0.3, -0.25) is 9.59 Å². The number of carbonyl (C=O) groups excluding carboxylic acids is 2. The lowest BCUT2D eigenvalue weighted by atomic mass is 9.82. The van der Waals surface area contributed by atoms with Crippen molar-refractivity contribution in [1.82, 2.24) is 9.88 Å². The third-order valence-electron chi connectivity index (χ3n) is 6.88. The fourth-order valence-corrected chi connectivity index (χ4v) is 6.18. The van der Waals surface area contributed by atoms with Crippen LogP contribution in [0.4, 0.5) is 5.69 Å². The summed E-state index contributed by atoms with van der Waals surface area (Å²) in [6.07, 6.45) is 4.48. The van der Waals surface area contributed by atoms with Crippen LogP contribution in [0.25, 0.3) is 10.2 Å². The Morgan fingerprint density at radius 3 is 2.85 bits per heavy atom. The highest BCUT2D eigenvalue weighted by molar-refractivity contribution is 7.21. The fraction of sp³-hybridized carbons (Fsp3) is 0.423. The van der Waals surface area contributed by atoms with Crippen molar-refractivity contribution < 1.29 is 14.3 Å². The molecule has 7 heteroatoms. The van der Waals surface area contributed by atoms with E-state index in [-0.39, 0.29) is 17.8 Å². The standard InChI is InChI=1S/C26H29N3O3S/c1-2-32-26(31)18-9-6-12-29(15-18)25(30)23-22(27)20-14-19-13-17(16-7-4-3-5-8-16)10-11-21(19)28-24(20)33-23/h3-5,7-8,14,17-18H,2,6,9-13,15,27H2,1H3. The van der Waals surface area contributed by atoms with Crippen LogP contribution in [-0.2, 0) is 22.4 Å². The van der Waals surface area contributed by atoms with E-state index in [4.69, 9.17) is 15.5 Å². The molecule has 3 aromatic rings. The molecule has 172 valence electrons. The Labute approximate surface area is 197 Å². The molecule has 33 heavy (non-hydrogen) atoms. The third-order valence-corrected chi connectivity index (χ3v) is 7.98. The van der Waals surface area contributed by atoms with Crippen molar-refractivity contribution in [2.45, 2.75) is 44.9 Å². The zero-order valence-electron chi connectivity index (χ0n) is 18.9. The van der Waals surface area contributed by atoms with Crippen LogP contribution in [0.15, 0.2) is 36.4 Å². The second kappa shape index (κ2) is 9.14. The number of hydrogen-bond donors (Lipinski definition) is 1. The largest absolute Gasteiger partial charge is 0.466 e. The second-order valence-corrected chi connectivity index (χ2v) is 9.98. The number of aryl methyl sites for hydroxylation is 1. The molecule has 5 rings (SSSR count). The number of pyridine rings is 1. The molecule has 3 heterocycles. The Morgan fingerprint density at radius 1 is 1.24 bits per heavy atom. The number of aromatic nitrogens is 1. The van der Waals surface area contributed by atoms with E-state index in [1.807, 2.05) is 6.07 Å². The van der Waals surface area contributed by atoms with Crippen LogP contribution in [0.5, 0.6) is 0 Å². The van der Waals surface area contributed by atoms with Crippen molar-refractivity contribution in [2.75, 3.05) is 25.4 Å². The zero-order valence-corrected chi connectivity index (χ0v) is 19.7. The Hall–Kier alpha value is -2.93. The number of benzene rings is 1. The predicted octanol–water partition coefficient (Wildman–Crippen LogP) is 4.57. The first kappa shape index (κ1) is 21.9. The molecule has 2 atom stereocenters. The molecular formula is C26H29N3O3S.